The summed E-state index contributed by atoms with van der Waals surface area (Å²) in [7, 11) is 0. The van der Waals surface area contributed by atoms with Gasteiger partial charge in [-0.15, -0.1) is 5.10 Å². The minimum Gasteiger partial charge on any atom is -0.354 e. The van der Waals surface area contributed by atoms with Crippen molar-refractivity contribution >= 4 is 17.5 Å². The number of hydrogen-bond donors (Lipinski definition) is 1. The molecule has 0 radical (unpaired) electrons. The maximum absolute atomic E-state index is 14.3. The highest BCUT2D eigenvalue weighted by Crippen LogP contribution is 2.29. The first-order valence-corrected chi connectivity index (χ1v) is 11.6. The van der Waals surface area contributed by atoms with Crippen LogP contribution in [0.3, 0.4) is 0 Å². The molecule has 6 nitrogen and oxygen atoms in total. The van der Waals surface area contributed by atoms with Crippen molar-refractivity contribution < 1.29 is 22.4 Å². The standard InChI is InChI=1S/C26H21ClF4N4O2/c27-21-10-8-18(9-11-21)24-33-35(25(37)34(24)15-19-5-1-2-7-22(19)28)16-23(36)32-13-12-17-4-3-6-20(14-17)26(29,30)31/h1-11,14H,12-13,15-16H2,(H,32,36). The first kappa shape index (κ1) is 26.2. The lowest BCUT2D eigenvalue weighted by atomic mass is 10.1. The van der Waals surface area contributed by atoms with Crippen molar-refractivity contribution in [2.75, 3.05) is 6.54 Å². The van der Waals surface area contributed by atoms with Gasteiger partial charge in [0, 0.05) is 22.7 Å². The maximum atomic E-state index is 14.3. The quantitative estimate of drug-likeness (QED) is 0.327. The van der Waals surface area contributed by atoms with Crippen molar-refractivity contribution in [1.29, 1.82) is 0 Å². The molecule has 0 fully saturated rings. The van der Waals surface area contributed by atoms with Gasteiger partial charge in [0.15, 0.2) is 5.82 Å². The Morgan fingerprint density at radius 3 is 2.43 bits per heavy atom. The predicted octanol–water partition coefficient (Wildman–Crippen LogP) is 4.93. The Balaban J connectivity index is 1.51. The van der Waals surface area contributed by atoms with Crippen molar-refractivity contribution in [2.24, 2.45) is 0 Å². The number of carbonyl (C=O) groups is 1. The van der Waals surface area contributed by atoms with Gasteiger partial charge >= 0.3 is 11.9 Å². The molecule has 1 aromatic heterocycles. The zero-order valence-electron chi connectivity index (χ0n) is 19.3. The monoisotopic (exact) mass is 532 g/mol. The van der Waals surface area contributed by atoms with Crippen molar-refractivity contribution in [1.82, 2.24) is 19.7 Å². The van der Waals surface area contributed by atoms with Gasteiger partial charge < -0.3 is 5.32 Å². The van der Waals surface area contributed by atoms with Gasteiger partial charge in [0.2, 0.25) is 5.91 Å². The van der Waals surface area contributed by atoms with Crippen LogP contribution in [0, 0.1) is 5.82 Å². The largest absolute Gasteiger partial charge is 0.416 e. The molecule has 0 saturated heterocycles. The lowest BCUT2D eigenvalue weighted by Crippen LogP contribution is -2.34. The third-order valence-electron chi connectivity index (χ3n) is 5.60. The summed E-state index contributed by atoms with van der Waals surface area (Å²) in [6.45, 7) is -0.470. The molecule has 37 heavy (non-hydrogen) atoms. The van der Waals surface area contributed by atoms with E-state index in [0.29, 0.717) is 16.1 Å². The topological polar surface area (TPSA) is 68.9 Å². The molecule has 0 saturated carbocycles. The molecule has 0 aliphatic heterocycles. The van der Waals surface area contributed by atoms with Crippen LogP contribution in [0.1, 0.15) is 16.7 Å². The van der Waals surface area contributed by atoms with E-state index in [2.05, 4.69) is 10.4 Å². The van der Waals surface area contributed by atoms with Crippen LogP contribution in [0.15, 0.2) is 77.6 Å². The molecule has 0 aliphatic carbocycles. The van der Waals surface area contributed by atoms with Crippen LogP contribution in [-0.4, -0.2) is 26.8 Å². The Labute approximate surface area is 214 Å². The molecule has 0 bridgehead atoms. The second-order valence-electron chi connectivity index (χ2n) is 8.25. The normalized spacial score (nSPS) is 11.5. The van der Waals surface area contributed by atoms with Gasteiger partial charge in [0.25, 0.3) is 0 Å². The third-order valence-corrected chi connectivity index (χ3v) is 5.85. The van der Waals surface area contributed by atoms with E-state index in [0.717, 1.165) is 16.8 Å². The summed E-state index contributed by atoms with van der Waals surface area (Å²) in [5.74, 6) is -0.814. The smallest absolute Gasteiger partial charge is 0.354 e. The number of nitrogens with zero attached hydrogens (tertiary/aromatic N) is 3. The molecule has 1 amide bonds. The molecule has 1 heterocycles. The highest BCUT2D eigenvalue weighted by atomic mass is 35.5. The molecule has 11 heteroatoms. The van der Waals surface area contributed by atoms with Gasteiger partial charge in [0.05, 0.1) is 12.1 Å². The van der Waals surface area contributed by atoms with Gasteiger partial charge in [-0.1, -0.05) is 48.0 Å². The van der Waals surface area contributed by atoms with E-state index in [1.54, 1.807) is 36.4 Å². The zero-order valence-corrected chi connectivity index (χ0v) is 20.1. The molecule has 0 atom stereocenters. The van der Waals surface area contributed by atoms with Gasteiger partial charge in [-0.2, -0.15) is 13.2 Å². The number of nitrogens with one attached hydrogen (secondary N) is 1. The molecule has 3 aromatic carbocycles. The third kappa shape index (κ3) is 6.45. The first-order valence-electron chi connectivity index (χ1n) is 11.2. The van der Waals surface area contributed by atoms with Crippen molar-refractivity contribution in [3.05, 3.63) is 111 Å². The number of rotatable bonds is 8. The van der Waals surface area contributed by atoms with E-state index < -0.39 is 35.7 Å². The number of alkyl halides is 3. The summed E-state index contributed by atoms with van der Waals surface area (Å²) in [6, 6.07) is 17.4. The second-order valence-corrected chi connectivity index (χ2v) is 8.68. The van der Waals surface area contributed by atoms with Crippen LogP contribution in [0.4, 0.5) is 17.6 Å². The fourth-order valence-corrected chi connectivity index (χ4v) is 3.86. The van der Waals surface area contributed by atoms with Crippen LogP contribution < -0.4 is 11.0 Å². The summed E-state index contributed by atoms with van der Waals surface area (Å²) in [4.78, 5) is 25.7. The minimum absolute atomic E-state index is 0.0644. The SMILES string of the molecule is O=C(Cn1nc(-c2ccc(Cl)cc2)n(Cc2ccccc2F)c1=O)NCCc1cccc(C(F)(F)F)c1. The number of amides is 1. The summed E-state index contributed by atoms with van der Waals surface area (Å²) in [5, 5.41) is 7.37. The van der Waals surface area contributed by atoms with Gasteiger partial charge in [-0.25, -0.2) is 13.9 Å². The molecular formula is C26H21ClF4N4O2. The molecule has 0 unspecified atom stereocenters. The average molecular weight is 533 g/mol. The molecule has 0 aliphatic rings. The fraction of sp³-hybridized carbons (Fsp3) is 0.192. The van der Waals surface area contributed by atoms with Crippen molar-refractivity contribution in [3.8, 4) is 11.4 Å². The van der Waals surface area contributed by atoms with E-state index in [9.17, 15) is 27.2 Å². The predicted molar refractivity (Wildman–Crippen MR) is 131 cm³/mol. The van der Waals surface area contributed by atoms with Crippen LogP contribution in [-0.2, 0) is 30.5 Å². The number of benzene rings is 3. The van der Waals surface area contributed by atoms with E-state index >= 15 is 0 Å². The minimum atomic E-state index is -4.45. The molecular weight excluding hydrogens is 512 g/mol. The van der Waals surface area contributed by atoms with E-state index in [4.69, 9.17) is 11.6 Å². The van der Waals surface area contributed by atoms with Crippen LogP contribution in [0.2, 0.25) is 5.02 Å². The second kappa shape index (κ2) is 11.0. The number of carbonyl (C=O) groups excluding carboxylic acids is 1. The summed E-state index contributed by atoms with van der Waals surface area (Å²) in [6.07, 6.45) is -4.29. The lowest BCUT2D eigenvalue weighted by Gasteiger charge is -2.09. The molecule has 4 rings (SSSR count). The first-order chi connectivity index (χ1) is 17.6. The van der Waals surface area contributed by atoms with E-state index in [1.807, 2.05) is 0 Å². The number of aromatic nitrogens is 3. The highest BCUT2D eigenvalue weighted by molar-refractivity contribution is 6.30. The fourth-order valence-electron chi connectivity index (χ4n) is 3.74. The lowest BCUT2D eigenvalue weighted by molar-refractivity contribution is -0.137. The number of hydrogen-bond acceptors (Lipinski definition) is 3. The van der Waals surface area contributed by atoms with Crippen LogP contribution in [0.25, 0.3) is 11.4 Å². The van der Waals surface area contributed by atoms with E-state index in [-0.39, 0.29) is 30.9 Å². The zero-order chi connectivity index (χ0) is 26.6. The van der Waals surface area contributed by atoms with Crippen molar-refractivity contribution in [3.63, 3.8) is 0 Å². The number of halogens is 5. The van der Waals surface area contributed by atoms with Crippen LogP contribution >= 0.6 is 11.6 Å². The van der Waals surface area contributed by atoms with Gasteiger partial charge in [-0.05, 0) is 48.4 Å². The van der Waals surface area contributed by atoms with Crippen molar-refractivity contribution in [2.45, 2.75) is 25.7 Å². The Bertz CT molecular complexity index is 1460. The Morgan fingerprint density at radius 2 is 1.73 bits per heavy atom. The van der Waals surface area contributed by atoms with Gasteiger partial charge in [0.1, 0.15) is 12.4 Å². The van der Waals surface area contributed by atoms with E-state index in [1.165, 1.54) is 28.8 Å². The maximum Gasteiger partial charge on any atom is 0.416 e. The summed E-state index contributed by atoms with van der Waals surface area (Å²) < 4.78 is 55.2. The molecule has 1 N–H and O–H groups in total. The Kier molecular flexibility index (Phi) is 7.77. The average Bonchev–Trinajstić information content (AvgIpc) is 3.15. The molecule has 4 aromatic rings. The molecule has 192 valence electrons. The summed E-state index contributed by atoms with van der Waals surface area (Å²) >= 11 is 5.97. The molecule has 0 spiro atoms. The Morgan fingerprint density at radius 1 is 1.00 bits per heavy atom. The summed E-state index contributed by atoms with van der Waals surface area (Å²) in [5.41, 5.74) is -0.169. The highest BCUT2D eigenvalue weighted by Gasteiger charge is 2.30. The van der Waals surface area contributed by atoms with Crippen LogP contribution in [0.5, 0.6) is 0 Å². The Hall–Kier alpha value is -3.92. The van der Waals surface area contributed by atoms with Gasteiger partial charge in [-0.3, -0.25) is 9.36 Å².